The summed E-state index contributed by atoms with van der Waals surface area (Å²) in [7, 11) is 0. The number of halogens is 7. The second-order valence-corrected chi connectivity index (χ2v) is 21.2. The van der Waals surface area contributed by atoms with Crippen molar-refractivity contribution in [2.75, 3.05) is 0 Å². The predicted molar refractivity (Wildman–Crippen MR) is 262 cm³/mol. The second-order valence-electron chi connectivity index (χ2n) is 19.7. The zero-order chi connectivity index (χ0) is 49.9. The van der Waals surface area contributed by atoms with Crippen molar-refractivity contribution in [3.8, 4) is 33.8 Å². The summed E-state index contributed by atoms with van der Waals surface area (Å²) in [6, 6.07) is 21.6. The van der Waals surface area contributed by atoms with Crippen molar-refractivity contribution >= 4 is 10.1 Å². The van der Waals surface area contributed by atoms with Crippen molar-refractivity contribution in [2.45, 2.75) is 142 Å². The molecular formula is C59H60F7MoNO2. The molecule has 10 rings (SSSR count). The predicted octanol–water partition coefficient (Wildman–Crippen LogP) is 16.2. The third-order valence-corrected chi connectivity index (χ3v) is 17.0. The molecule has 0 spiro atoms. The third kappa shape index (κ3) is 10.8. The van der Waals surface area contributed by atoms with Crippen LogP contribution in [0.1, 0.15) is 132 Å². The Kier molecular flexibility index (Phi) is 15.8. The molecule has 0 saturated heterocycles. The molecule has 0 fully saturated rings. The Morgan fingerprint density at radius 3 is 1.26 bits per heavy atom. The van der Waals surface area contributed by atoms with Gasteiger partial charge in [-0.15, -0.1) is 0 Å². The Morgan fingerprint density at radius 2 is 0.843 bits per heavy atom. The number of hydrogen-bond acceptors (Lipinski definition) is 3. The van der Waals surface area contributed by atoms with Crippen LogP contribution in [-0.4, -0.2) is 14.6 Å². The Balaban J connectivity index is 0.000000141. The second kappa shape index (κ2) is 21.6. The van der Waals surface area contributed by atoms with E-state index in [9.17, 15) is 40.9 Å². The molecule has 0 heterocycles. The van der Waals surface area contributed by atoms with E-state index in [1.165, 1.54) is 24.3 Å². The number of rotatable bonds is 5. The maximum atomic E-state index is 14.5. The maximum absolute atomic E-state index is 14.5. The van der Waals surface area contributed by atoms with Crippen LogP contribution < -0.4 is 0 Å². The monoisotopic (exact) mass is 1050 g/mol. The summed E-state index contributed by atoms with van der Waals surface area (Å²) in [6.07, 6.45) is 10.8. The Hall–Kier alpha value is -5.21. The molecule has 0 radical (unpaired) electrons. The van der Waals surface area contributed by atoms with Gasteiger partial charge in [-0.05, 0) is 208 Å². The van der Waals surface area contributed by atoms with Crippen LogP contribution >= 0.6 is 0 Å². The van der Waals surface area contributed by atoms with Crippen LogP contribution in [0.4, 0.5) is 36.4 Å². The van der Waals surface area contributed by atoms with Crippen molar-refractivity contribution in [3.05, 3.63) is 169 Å². The van der Waals surface area contributed by atoms with Crippen LogP contribution in [-0.2, 0) is 80.9 Å². The molecule has 4 aliphatic rings. The van der Waals surface area contributed by atoms with E-state index in [1.807, 2.05) is 30.3 Å². The molecule has 368 valence electrons. The molecule has 0 amide bonds. The smallest absolute Gasteiger partial charge is 0.165 e. The normalized spacial score (nSPS) is 15.1. The number of aromatic hydroxyl groups is 2. The van der Waals surface area contributed by atoms with Gasteiger partial charge in [-0.1, -0.05) is 0 Å². The molecule has 0 atom stereocenters. The number of aryl methyl sites for hydroxylation is 4. The SMILES string of the molecule is CC(C)([CH]=[Mo]=[N]c1ccccc1C(F)(F)F)c1ccccc1.Cc1c(F)cc2c(c1-c1c(O)c(F)cc3c1CCCC3)CCCC2.Cc1c(F)cc2c(c1-c1c(O)c(F)cc3c1CCCC3)CCCC2. The van der Waals surface area contributed by atoms with E-state index in [0.29, 0.717) is 22.3 Å². The van der Waals surface area contributed by atoms with Gasteiger partial charge in [0.15, 0.2) is 23.1 Å². The van der Waals surface area contributed by atoms with Crippen LogP contribution in [0, 0.1) is 37.1 Å². The van der Waals surface area contributed by atoms with Crippen molar-refractivity contribution < 1.29 is 58.9 Å². The number of hydrogen-bond donors (Lipinski definition) is 2. The Morgan fingerprint density at radius 1 is 0.486 bits per heavy atom. The third-order valence-electron chi connectivity index (χ3n) is 14.6. The van der Waals surface area contributed by atoms with Crippen molar-refractivity contribution in [1.82, 2.24) is 0 Å². The number of alkyl halides is 3. The first kappa shape index (κ1) is 51.2. The van der Waals surface area contributed by atoms with E-state index >= 15 is 0 Å². The van der Waals surface area contributed by atoms with Crippen LogP contribution in [0.5, 0.6) is 11.5 Å². The molecule has 3 nitrogen and oxygen atoms in total. The van der Waals surface area contributed by atoms with Gasteiger partial charge in [0, 0.05) is 11.1 Å². The molecule has 2 N–H and O–H groups in total. The molecule has 6 aromatic rings. The van der Waals surface area contributed by atoms with Crippen molar-refractivity contribution in [2.24, 2.45) is 3.50 Å². The summed E-state index contributed by atoms with van der Waals surface area (Å²) >= 11 is -1.03. The fraction of sp³-hybridized carbons (Fsp3) is 0.373. The van der Waals surface area contributed by atoms with E-state index in [1.54, 1.807) is 32.0 Å². The van der Waals surface area contributed by atoms with Gasteiger partial charge in [0.2, 0.25) is 0 Å². The van der Waals surface area contributed by atoms with Gasteiger partial charge < -0.3 is 10.2 Å². The van der Waals surface area contributed by atoms with E-state index in [-0.39, 0.29) is 34.2 Å². The molecule has 11 heteroatoms. The van der Waals surface area contributed by atoms with Gasteiger partial charge in [0.25, 0.3) is 0 Å². The molecule has 0 bridgehead atoms. The van der Waals surface area contributed by atoms with Crippen LogP contribution in [0.25, 0.3) is 22.3 Å². The van der Waals surface area contributed by atoms with Crippen molar-refractivity contribution in [3.63, 3.8) is 0 Å². The van der Waals surface area contributed by atoms with Crippen LogP contribution in [0.2, 0.25) is 0 Å². The number of phenolic OH excluding ortho intramolecular Hbond substituents is 2. The standard InChI is InChI=1S/2C21H22F2O.C10H12.C7H4F3N.Mo/c2*1-12-17(22)10-13-6-2-4-8-15(13)19(12)20-16-9-5-3-7-14(16)11-18(23)21(20)24;1-10(2,3)9-7-5-4-6-8-9;8-7(9,10)5-3-1-2-4-6(5)11;/h2*10-11,24H,2-9H2,1H3;1,4-8H,2-3H3;1-4H;. The summed E-state index contributed by atoms with van der Waals surface area (Å²) in [5, 5.41) is 21.1. The number of phenols is 2. The molecule has 0 unspecified atom stereocenters. The summed E-state index contributed by atoms with van der Waals surface area (Å²) < 4.78 is 103. The number of nitrogens with zero attached hydrogens (tertiary/aromatic N) is 1. The zero-order valence-corrected chi connectivity index (χ0v) is 42.3. The maximum Gasteiger partial charge on any atom is 0.165 e. The average molecular weight is 1040 g/mol. The molecule has 0 aromatic heterocycles. The first-order valence-corrected chi connectivity index (χ1v) is 26.6. The van der Waals surface area contributed by atoms with E-state index in [0.717, 1.165) is 170 Å². The molecule has 70 heavy (non-hydrogen) atoms. The molecule has 0 saturated carbocycles. The first-order valence-electron chi connectivity index (χ1n) is 24.6. The van der Waals surface area contributed by atoms with Gasteiger partial charge >= 0.3 is 136 Å². The van der Waals surface area contributed by atoms with Crippen LogP contribution in [0.3, 0.4) is 0 Å². The van der Waals surface area contributed by atoms with Gasteiger partial charge in [0.05, 0.1) is 0 Å². The van der Waals surface area contributed by atoms with E-state index in [2.05, 4.69) is 21.7 Å². The van der Waals surface area contributed by atoms with E-state index < -0.39 is 41.3 Å². The zero-order valence-electron chi connectivity index (χ0n) is 40.3. The van der Waals surface area contributed by atoms with Gasteiger partial charge in [-0.2, -0.15) is 0 Å². The van der Waals surface area contributed by atoms with Crippen molar-refractivity contribution in [1.29, 1.82) is 0 Å². The molecular weight excluding hydrogens is 984 g/mol. The summed E-state index contributed by atoms with van der Waals surface area (Å²) in [5.74, 6) is -2.29. The molecule has 6 aromatic carbocycles. The van der Waals surface area contributed by atoms with Gasteiger partial charge in [-0.3, -0.25) is 0 Å². The fourth-order valence-electron chi connectivity index (χ4n) is 10.8. The van der Waals surface area contributed by atoms with Gasteiger partial charge in [-0.25, -0.2) is 17.6 Å². The molecule has 4 aliphatic carbocycles. The summed E-state index contributed by atoms with van der Waals surface area (Å²) in [4.78, 5) is 0. The average Bonchev–Trinajstić information content (AvgIpc) is 3.34. The largest absolute Gasteiger partial charge is 0.504 e. The molecule has 0 aliphatic heterocycles. The topological polar surface area (TPSA) is 52.8 Å². The summed E-state index contributed by atoms with van der Waals surface area (Å²) in [6.45, 7) is 7.61. The van der Waals surface area contributed by atoms with Crippen LogP contribution in [0.15, 0.2) is 82.4 Å². The fourth-order valence-corrected chi connectivity index (χ4v) is 12.6. The number of benzene rings is 6. The quantitative estimate of drug-likeness (QED) is 0.134. The number of fused-ring (bicyclic) bond motifs is 4. The Labute approximate surface area is 415 Å². The Bertz CT molecular complexity index is 2710. The first-order chi connectivity index (χ1) is 33.5. The summed E-state index contributed by atoms with van der Waals surface area (Å²) in [5.41, 5.74) is 12.2. The van der Waals surface area contributed by atoms with E-state index in [4.69, 9.17) is 0 Å². The minimum Gasteiger partial charge on any atom is -0.504 e. The minimum absolute atomic E-state index is 0.0394. The minimum atomic E-state index is -4.36. The van der Waals surface area contributed by atoms with Gasteiger partial charge in [0.1, 0.15) is 11.6 Å².